The van der Waals surface area contributed by atoms with Crippen molar-refractivity contribution in [2.75, 3.05) is 13.7 Å². The van der Waals surface area contributed by atoms with Crippen molar-refractivity contribution in [2.45, 2.75) is 26.9 Å². The van der Waals surface area contributed by atoms with E-state index >= 15 is 0 Å². The summed E-state index contributed by atoms with van der Waals surface area (Å²) in [5, 5.41) is 6.43. The van der Waals surface area contributed by atoms with Crippen LogP contribution in [0.2, 0.25) is 0 Å². The molecule has 5 nitrogen and oxygen atoms in total. The largest absolute Gasteiger partial charge is 0.478 e. The van der Waals surface area contributed by atoms with Crippen LogP contribution < -0.4 is 15.4 Å². The highest BCUT2D eigenvalue weighted by molar-refractivity contribution is 14.0. The van der Waals surface area contributed by atoms with Crippen LogP contribution in [0.1, 0.15) is 23.6 Å². The Balaban J connectivity index is 0.00000312. The molecule has 0 spiro atoms. The maximum Gasteiger partial charge on any atom is 0.218 e. The third kappa shape index (κ3) is 6.49. The maximum atomic E-state index is 13.3. The lowest BCUT2D eigenvalue weighted by molar-refractivity contribution is 0.322. The highest BCUT2D eigenvalue weighted by atomic mass is 127. The third-order valence-electron chi connectivity index (χ3n) is 3.48. The van der Waals surface area contributed by atoms with Gasteiger partial charge in [-0.2, -0.15) is 0 Å². The summed E-state index contributed by atoms with van der Waals surface area (Å²) in [7, 11) is 1.71. The van der Waals surface area contributed by atoms with Crippen LogP contribution in [-0.4, -0.2) is 24.6 Å². The van der Waals surface area contributed by atoms with Crippen LogP contribution in [0.5, 0.6) is 5.88 Å². The number of rotatable bonds is 6. The fourth-order valence-corrected chi connectivity index (χ4v) is 2.23. The van der Waals surface area contributed by atoms with Gasteiger partial charge in [-0.25, -0.2) is 9.37 Å². The van der Waals surface area contributed by atoms with Crippen LogP contribution in [0.3, 0.4) is 0 Å². The molecule has 0 amide bonds. The maximum absolute atomic E-state index is 13.3. The molecule has 0 aliphatic carbocycles. The zero-order valence-electron chi connectivity index (χ0n) is 14.7. The molecule has 2 aromatic rings. The van der Waals surface area contributed by atoms with Crippen molar-refractivity contribution >= 4 is 29.9 Å². The second-order valence-corrected chi connectivity index (χ2v) is 5.26. The van der Waals surface area contributed by atoms with Gasteiger partial charge in [0.15, 0.2) is 5.96 Å². The Labute approximate surface area is 165 Å². The van der Waals surface area contributed by atoms with Gasteiger partial charge in [-0.1, -0.05) is 18.2 Å². The lowest BCUT2D eigenvalue weighted by atomic mass is 10.1. The molecule has 0 atom stereocenters. The van der Waals surface area contributed by atoms with Crippen molar-refractivity contribution in [2.24, 2.45) is 4.99 Å². The molecule has 25 heavy (non-hydrogen) atoms. The summed E-state index contributed by atoms with van der Waals surface area (Å²) < 4.78 is 18.8. The molecule has 1 heterocycles. The van der Waals surface area contributed by atoms with Crippen molar-refractivity contribution in [3.05, 3.63) is 59.0 Å². The number of halogens is 2. The Kier molecular flexibility index (Phi) is 9.18. The first-order chi connectivity index (χ1) is 11.6. The van der Waals surface area contributed by atoms with E-state index in [1.165, 1.54) is 6.07 Å². The lowest BCUT2D eigenvalue weighted by Crippen LogP contribution is -2.36. The number of aliphatic imine (C=N–C) groups is 1. The Morgan fingerprint density at radius 3 is 2.68 bits per heavy atom. The molecule has 2 N–H and O–H groups in total. The highest BCUT2D eigenvalue weighted by Crippen LogP contribution is 2.13. The predicted octanol–water partition coefficient (Wildman–Crippen LogP) is 3.41. The number of nitrogens with one attached hydrogen (secondary N) is 2. The summed E-state index contributed by atoms with van der Waals surface area (Å²) in [4.78, 5) is 8.42. The first-order valence-electron chi connectivity index (χ1n) is 7.90. The van der Waals surface area contributed by atoms with Crippen LogP contribution in [0.25, 0.3) is 0 Å². The van der Waals surface area contributed by atoms with Crippen LogP contribution >= 0.6 is 24.0 Å². The number of aryl methyl sites for hydroxylation is 1. The van der Waals surface area contributed by atoms with E-state index in [4.69, 9.17) is 4.74 Å². The SMILES string of the molecule is CCOc1ncccc1CNC(=NC)NCc1ccc(F)c(C)c1.I. The molecular formula is C18H24FIN4O. The normalized spacial score (nSPS) is 10.8. The molecule has 1 aromatic carbocycles. The summed E-state index contributed by atoms with van der Waals surface area (Å²) >= 11 is 0. The van der Waals surface area contributed by atoms with Gasteiger partial charge in [0.2, 0.25) is 5.88 Å². The van der Waals surface area contributed by atoms with Gasteiger partial charge in [-0.15, -0.1) is 24.0 Å². The van der Waals surface area contributed by atoms with Crippen molar-refractivity contribution in [1.29, 1.82) is 0 Å². The number of hydrogen-bond acceptors (Lipinski definition) is 3. The summed E-state index contributed by atoms with van der Waals surface area (Å²) in [5.74, 6) is 1.08. The van der Waals surface area contributed by atoms with E-state index < -0.39 is 0 Å². The smallest absolute Gasteiger partial charge is 0.218 e. The van der Waals surface area contributed by atoms with Gasteiger partial charge >= 0.3 is 0 Å². The minimum Gasteiger partial charge on any atom is -0.478 e. The van der Waals surface area contributed by atoms with Crippen molar-refractivity contribution in [3.8, 4) is 5.88 Å². The Bertz CT molecular complexity index is 709. The summed E-state index contributed by atoms with van der Waals surface area (Å²) in [6, 6.07) is 8.89. The number of pyridine rings is 1. The fourth-order valence-electron chi connectivity index (χ4n) is 2.23. The average molecular weight is 458 g/mol. The zero-order chi connectivity index (χ0) is 17.4. The first-order valence-corrected chi connectivity index (χ1v) is 7.90. The lowest BCUT2D eigenvalue weighted by Gasteiger charge is -2.14. The van der Waals surface area contributed by atoms with Crippen LogP contribution in [-0.2, 0) is 13.1 Å². The summed E-state index contributed by atoms with van der Waals surface area (Å²) in [6.07, 6.45) is 1.71. The van der Waals surface area contributed by atoms with Crippen molar-refractivity contribution in [1.82, 2.24) is 15.6 Å². The van der Waals surface area contributed by atoms with Crippen LogP contribution in [0.15, 0.2) is 41.5 Å². The van der Waals surface area contributed by atoms with E-state index in [0.717, 1.165) is 11.1 Å². The molecule has 0 fully saturated rings. The second kappa shape index (κ2) is 10.9. The van der Waals surface area contributed by atoms with Gasteiger partial charge in [-0.05, 0) is 37.1 Å². The molecule has 0 saturated carbocycles. The minimum atomic E-state index is -0.193. The predicted molar refractivity (Wildman–Crippen MR) is 109 cm³/mol. The monoisotopic (exact) mass is 458 g/mol. The standard InChI is InChI=1S/C18H23FN4O.HI/c1-4-24-17-15(6-5-9-21-17)12-23-18(20-3)22-11-14-7-8-16(19)13(2)10-14;/h5-10H,4,11-12H2,1-3H3,(H2,20,22,23);1H. The van der Waals surface area contributed by atoms with E-state index in [9.17, 15) is 4.39 Å². The molecule has 1 aromatic heterocycles. The van der Waals surface area contributed by atoms with E-state index in [-0.39, 0.29) is 29.8 Å². The third-order valence-corrected chi connectivity index (χ3v) is 3.48. The number of benzene rings is 1. The molecular weight excluding hydrogens is 434 g/mol. The summed E-state index contributed by atoms with van der Waals surface area (Å²) in [6.45, 7) is 5.36. The van der Waals surface area contributed by atoms with Crippen molar-refractivity contribution < 1.29 is 9.13 Å². The summed E-state index contributed by atoms with van der Waals surface area (Å²) in [5.41, 5.74) is 2.59. The second-order valence-electron chi connectivity index (χ2n) is 5.26. The molecule has 0 aliphatic rings. The quantitative estimate of drug-likeness (QED) is 0.396. The zero-order valence-corrected chi connectivity index (χ0v) is 17.0. The number of ether oxygens (including phenoxy) is 1. The Morgan fingerprint density at radius 1 is 1.24 bits per heavy atom. The molecule has 0 radical (unpaired) electrons. The average Bonchev–Trinajstić information content (AvgIpc) is 2.59. The number of nitrogens with zero attached hydrogens (tertiary/aromatic N) is 2. The molecule has 136 valence electrons. The number of guanidine groups is 1. The topological polar surface area (TPSA) is 58.5 Å². The van der Waals surface area contributed by atoms with Crippen molar-refractivity contribution in [3.63, 3.8) is 0 Å². The van der Waals surface area contributed by atoms with Gasteiger partial charge in [0.1, 0.15) is 5.82 Å². The van der Waals surface area contributed by atoms with Crippen LogP contribution in [0.4, 0.5) is 4.39 Å². The molecule has 0 unspecified atom stereocenters. The number of hydrogen-bond donors (Lipinski definition) is 2. The van der Waals surface area contributed by atoms with Gasteiger partial charge in [-0.3, -0.25) is 4.99 Å². The molecule has 0 aliphatic heterocycles. The highest BCUT2D eigenvalue weighted by Gasteiger charge is 2.06. The van der Waals surface area contributed by atoms with Gasteiger partial charge in [0, 0.05) is 31.9 Å². The van der Waals surface area contributed by atoms with E-state index in [1.54, 1.807) is 26.2 Å². The molecule has 0 saturated heterocycles. The van der Waals surface area contributed by atoms with Gasteiger partial charge in [0.05, 0.1) is 6.61 Å². The molecule has 0 bridgehead atoms. The first kappa shape index (κ1) is 21.1. The number of aromatic nitrogens is 1. The van der Waals surface area contributed by atoms with E-state index in [2.05, 4.69) is 20.6 Å². The fraction of sp³-hybridized carbons (Fsp3) is 0.333. The van der Waals surface area contributed by atoms with Gasteiger partial charge < -0.3 is 15.4 Å². The van der Waals surface area contributed by atoms with E-state index in [0.29, 0.717) is 37.1 Å². The molecule has 2 rings (SSSR count). The van der Waals surface area contributed by atoms with Gasteiger partial charge in [0.25, 0.3) is 0 Å². The minimum absolute atomic E-state index is 0. The Hall–Kier alpha value is -1.90. The van der Waals surface area contributed by atoms with E-state index in [1.807, 2.05) is 25.1 Å². The Morgan fingerprint density at radius 2 is 2.00 bits per heavy atom. The molecule has 7 heteroatoms. The van der Waals surface area contributed by atoms with Crippen LogP contribution in [0, 0.1) is 12.7 Å².